The molecule has 0 aromatic rings. The Morgan fingerprint density at radius 2 is 0.342 bits per heavy atom. The molecule has 0 unspecified atom stereocenters. The summed E-state index contributed by atoms with van der Waals surface area (Å²) in [7, 11) is -5.17. The van der Waals surface area contributed by atoms with Crippen molar-refractivity contribution in [3.05, 3.63) is 0 Å². The van der Waals surface area contributed by atoms with Crippen LogP contribution in [0.15, 0.2) is 0 Å². The number of quaternary nitrogens is 2. The molecule has 0 saturated carbocycles. The lowest BCUT2D eigenvalue weighted by molar-refractivity contribution is -0.929. The van der Waals surface area contributed by atoms with E-state index in [9.17, 15) is 30.6 Å². The van der Waals surface area contributed by atoms with Crippen LogP contribution in [-0.4, -0.2) is 149 Å². The number of unbranched alkanes of at least 4 members (excludes halogenated alkanes) is 36. The molecule has 0 aliphatic carbocycles. The van der Waals surface area contributed by atoms with E-state index in [4.69, 9.17) is 17.5 Å². The molecular weight excluding hydrogens is 941 g/mol. The van der Waals surface area contributed by atoms with Crippen LogP contribution in [0.5, 0.6) is 0 Å². The Bertz CT molecular complexity index is 991. The molecule has 0 atom stereocenters. The molecule has 0 saturated heterocycles. The lowest BCUT2D eigenvalue weighted by Gasteiger charge is -2.39. The third kappa shape index (κ3) is 64.0. The predicted octanol–water partition coefficient (Wildman–Crippen LogP) is 13.4. The maximum Gasteiger partial charge on any atom is 0.0787 e. The first kappa shape index (κ1) is 76.8. The molecular formula is C60H128N2O10S. The first-order valence-electron chi connectivity index (χ1n) is 31.5. The molecule has 444 valence electrons. The number of nitrogens with zero attached hydrogens (tertiary/aromatic N) is 2. The summed E-state index contributed by atoms with van der Waals surface area (Å²) >= 11 is 0. The SMILES string of the molecule is CCCCCCCCCCCCCCCCCC[N+](CCCCO)(CCCCO)CCCCO.CCCCCCCCCCCCCCCCCC[N+](CCCCO)(CCCCO)CCCCO.O=S(=O)([O-])[O-]. The van der Waals surface area contributed by atoms with Crippen molar-refractivity contribution in [2.45, 2.75) is 296 Å². The first-order chi connectivity index (χ1) is 35.5. The summed E-state index contributed by atoms with van der Waals surface area (Å²) in [5, 5.41) is 55.5. The lowest BCUT2D eigenvalue weighted by Crippen LogP contribution is -2.51. The molecule has 13 heteroatoms. The van der Waals surface area contributed by atoms with Gasteiger partial charge in [-0.15, -0.1) is 0 Å². The van der Waals surface area contributed by atoms with Gasteiger partial charge in [-0.1, -0.05) is 194 Å². The van der Waals surface area contributed by atoms with Crippen LogP contribution in [0, 0.1) is 0 Å². The summed E-state index contributed by atoms with van der Waals surface area (Å²) in [5.41, 5.74) is 0. The lowest BCUT2D eigenvalue weighted by atomic mass is 10.0. The molecule has 0 fully saturated rings. The molecule has 0 radical (unpaired) electrons. The van der Waals surface area contributed by atoms with Crippen LogP contribution in [0.4, 0.5) is 0 Å². The van der Waals surface area contributed by atoms with Gasteiger partial charge in [0.05, 0.1) is 52.4 Å². The van der Waals surface area contributed by atoms with Crippen LogP contribution in [-0.2, 0) is 10.4 Å². The third-order valence-corrected chi connectivity index (χ3v) is 15.2. The molecule has 12 nitrogen and oxygen atoms in total. The molecule has 0 aliphatic rings. The molecule has 0 amide bonds. The topological polar surface area (TPSA) is 202 Å². The van der Waals surface area contributed by atoms with Crippen molar-refractivity contribution >= 4 is 10.4 Å². The van der Waals surface area contributed by atoms with Crippen LogP contribution < -0.4 is 0 Å². The van der Waals surface area contributed by atoms with Crippen molar-refractivity contribution < 1.29 is 57.1 Å². The van der Waals surface area contributed by atoms with Gasteiger partial charge in [-0.05, 0) is 103 Å². The molecule has 0 bridgehead atoms. The number of aliphatic hydroxyl groups excluding tert-OH is 6. The van der Waals surface area contributed by atoms with Crippen molar-refractivity contribution in [1.29, 1.82) is 0 Å². The number of rotatable bonds is 58. The zero-order chi connectivity index (χ0) is 54.5. The first-order valence-corrected chi connectivity index (χ1v) is 32.8. The minimum atomic E-state index is -5.17. The summed E-state index contributed by atoms with van der Waals surface area (Å²) in [5.74, 6) is 0. The molecule has 0 rings (SSSR count). The molecule has 0 aromatic carbocycles. The fraction of sp³-hybridized carbons (Fsp3) is 1.00. The minimum Gasteiger partial charge on any atom is -0.759 e. The molecule has 73 heavy (non-hydrogen) atoms. The predicted molar refractivity (Wildman–Crippen MR) is 307 cm³/mol. The van der Waals surface area contributed by atoms with Gasteiger partial charge >= 0.3 is 0 Å². The van der Waals surface area contributed by atoms with Crippen LogP contribution in [0.1, 0.15) is 296 Å². The van der Waals surface area contributed by atoms with Gasteiger partial charge in [0.25, 0.3) is 0 Å². The van der Waals surface area contributed by atoms with Crippen LogP contribution in [0.3, 0.4) is 0 Å². The van der Waals surface area contributed by atoms with Crippen molar-refractivity contribution in [1.82, 2.24) is 0 Å². The monoisotopic (exact) mass is 1070 g/mol. The van der Waals surface area contributed by atoms with Crippen LogP contribution >= 0.6 is 0 Å². The largest absolute Gasteiger partial charge is 0.759 e. The Labute approximate surface area is 454 Å². The van der Waals surface area contributed by atoms with E-state index in [1.165, 1.54) is 219 Å². The van der Waals surface area contributed by atoms with E-state index in [-0.39, 0.29) is 39.6 Å². The van der Waals surface area contributed by atoms with E-state index in [0.717, 1.165) is 125 Å². The van der Waals surface area contributed by atoms with Crippen molar-refractivity contribution in [3.63, 3.8) is 0 Å². The second-order valence-electron chi connectivity index (χ2n) is 22.1. The smallest absolute Gasteiger partial charge is 0.0787 e. The van der Waals surface area contributed by atoms with E-state index < -0.39 is 10.4 Å². The zero-order valence-corrected chi connectivity index (χ0v) is 49.4. The third-order valence-electron chi connectivity index (χ3n) is 15.2. The van der Waals surface area contributed by atoms with Gasteiger partial charge in [-0.2, -0.15) is 0 Å². The number of hydrogen-bond acceptors (Lipinski definition) is 10. The highest BCUT2D eigenvalue weighted by Gasteiger charge is 2.27. The van der Waals surface area contributed by atoms with Crippen LogP contribution in [0.2, 0.25) is 0 Å². The maximum absolute atomic E-state index is 9.24. The van der Waals surface area contributed by atoms with E-state index in [1.807, 2.05) is 0 Å². The van der Waals surface area contributed by atoms with Crippen molar-refractivity contribution in [2.24, 2.45) is 0 Å². The van der Waals surface area contributed by atoms with E-state index in [2.05, 4.69) is 13.8 Å². The standard InChI is InChI=1S/2C30H64NO3.H2O4S/c2*1-2-3-4-5-6-7-8-9-10-11-12-13-14-15-16-17-24-31(25-18-21-28-32,26-19-22-29-33)27-20-23-30-34;1-5(2,3)4/h2*32-34H,2-30H2,1H3;(H2,1,2,3,4)/q2*+1;/p-2. The number of aliphatic hydroxyl groups is 6. The fourth-order valence-corrected chi connectivity index (χ4v) is 10.7. The average molecular weight is 1070 g/mol. The van der Waals surface area contributed by atoms with Gasteiger partial charge in [0.2, 0.25) is 0 Å². The summed E-state index contributed by atoms with van der Waals surface area (Å²) in [6, 6.07) is 0. The second kappa shape index (κ2) is 62.4. The van der Waals surface area contributed by atoms with Gasteiger partial charge < -0.3 is 48.7 Å². The highest BCUT2D eigenvalue weighted by molar-refractivity contribution is 7.79. The van der Waals surface area contributed by atoms with Gasteiger partial charge in [-0.25, -0.2) is 0 Å². The summed E-state index contributed by atoms with van der Waals surface area (Å²) in [6.45, 7) is 15.5. The Morgan fingerprint density at radius 1 is 0.233 bits per heavy atom. The second-order valence-corrected chi connectivity index (χ2v) is 22.9. The minimum absolute atomic E-state index is 0.284. The van der Waals surface area contributed by atoms with Gasteiger partial charge in [0, 0.05) is 50.0 Å². The Hall–Kier alpha value is -0.450. The zero-order valence-electron chi connectivity index (χ0n) is 48.6. The Morgan fingerprint density at radius 3 is 0.466 bits per heavy atom. The quantitative estimate of drug-likeness (QED) is 0.0147. The van der Waals surface area contributed by atoms with Gasteiger partial charge in [-0.3, -0.25) is 8.42 Å². The molecule has 0 aliphatic heterocycles. The summed E-state index contributed by atoms with van der Waals surface area (Å²) in [4.78, 5) is 0. The fourth-order valence-electron chi connectivity index (χ4n) is 10.7. The van der Waals surface area contributed by atoms with E-state index in [1.54, 1.807) is 0 Å². The molecule has 0 aromatic heterocycles. The Kier molecular flexibility index (Phi) is 65.6. The summed E-state index contributed by atoms with van der Waals surface area (Å²) < 4.78 is 36.3. The Balaban J connectivity index is -0.00000123. The van der Waals surface area contributed by atoms with Crippen LogP contribution in [0.25, 0.3) is 0 Å². The van der Waals surface area contributed by atoms with Gasteiger partial charge in [0.15, 0.2) is 0 Å². The average Bonchev–Trinajstić information content (AvgIpc) is 3.36. The van der Waals surface area contributed by atoms with Gasteiger partial charge in [0.1, 0.15) is 0 Å². The molecule has 0 spiro atoms. The van der Waals surface area contributed by atoms with E-state index in [0.29, 0.717) is 0 Å². The van der Waals surface area contributed by atoms with Crippen molar-refractivity contribution in [2.75, 3.05) is 92.0 Å². The molecule has 0 heterocycles. The normalized spacial score (nSPS) is 12.0. The number of hydrogen-bond donors (Lipinski definition) is 6. The highest BCUT2D eigenvalue weighted by Crippen LogP contribution is 2.21. The maximum atomic E-state index is 9.24. The highest BCUT2D eigenvalue weighted by atomic mass is 32.3. The van der Waals surface area contributed by atoms with E-state index >= 15 is 0 Å². The van der Waals surface area contributed by atoms with Crippen molar-refractivity contribution in [3.8, 4) is 0 Å². The summed E-state index contributed by atoms with van der Waals surface area (Å²) in [6.07, 6.45) is 56.8. The molecule has 6 N–H and O–H groups in total.